The molecule has 5 nitrogen and oxygen atoms in total. The molecule has 0 aliphatic rings. The summed E-state index contributed by atoms with van der Waals surface area (Å²) in [6.07, 6.45) is 3.25. The third kappa shape index (κ3) is 1.43. The van der Waals surface area contributed by atoms with E-state index in [0.717, 1.165) is 5.52 Å². The molecule has 0 spiro atoms. The number of carbonyl (C=O) groups excluding carboxylic acids is 1. The van der Waals surface area contributed by atoms with Crippen molar-refractivity contribution in [2.24, 2.45) is 0 Å². The maximum Gasteiger partial charge on any atom is 0.252 e. The Balaban J connectivity index is 2.48. The number of hydrogen-bond donors (Lipinski definition) is 1. The Morgan fingerprint density at radius 1 is 1.35 bits per heavy atom. The largest absolute Gasteiger partial charge is 0.382 e. The molecule has 2 N–H and O–H groups in total. The summed E-state index contributed by atoms with van der Waals surface area (Å²) < 4.78 is 1.78. The number of halogens is 1. The molecule has 0 fully saturated rings. The smallest absolute Gasteiger partial charge is 0.252 e. The predicted octanol–water partition coefficient (Wildman–Crippen LogP) is 1.84. The molecule has 0 radical (unpaired) electrons. The van der Waals surface area contributed by atoms with Crippen LogP contribution >= 0.6 is 11.6 Å². The van der Waals surface area contributed by atoms with Gasteiger partial charge in [-0.2, -0.15) is 0 Å². The van der Waals surface area contributed by atoms with Crippen molar-refractivity contribution in [1.29, 1.82) is 0 Å². The van der Waals surface area contributed by atoms with Gasteiger partial charge in [-0.3, -0.25) is 9.20 Å². The first-order valence-electron chi connectivity index (χ1n) is 4.88. The SMILES string of the molecule is Nc1nc2ccc(C(=O)Cl)cc2n2cncc12. The Morgan fingerprint density at radius 2 is 2.18 bits per heavy atom. The Labute approximate surface area is 101 Å². The van der Waals surface area contributed by atoms with Crippen molar-refractivity contribution in [3.05, 3.63) is 36.3 Å². The molecule has 0 aliphatic heterocycles. The van der Waals surface area contributed by atoms with Crippen LogP contribution in [-0.4, -0.2) is 19.6 Å². The molecule has 3 rings (SSSR count). The zero-order valence-corrected chi connectivity index (χ0v) is 9.35. The van der Waals surface area contributed by atoms with Gasteiger partial charge < -0.3 is 5.73 Å². The highest BCUT2D eigenvalue weighted by atomic mass is 35.5. The third-order valence-corrected chi connectivity index (χ3v) is 2.82. The van der Waals surface area contributed by atoms with Crippen LogP contribution in [0.15, 0.2) is 30.7 Å². The molecule has 0 unspecified atom stereocenters. The molecule has 2 aromatic heterocycles. The second-order valence-corrected chi connectivity index (χ2v) is 3.97. The molecule has 0 atom stereocenters. The summed E-state index contributed by atoms with van der Waals surface area (Å²) in [6.45, 7) is 0. The third-order valence-electron chi connectivity index (χ3n) is 2.60. The normalized spacial score (nSPS) is 11.1. The minimum atomic E-state index is -0.503. The lowest BCUT2D eigenvalue weighted by atomic mass is 10.2. The number of anilines is 1. The highest BCUT2D eigenvalue weighted by molar-refractivity contribution is 6.67. The van der Waals surface area contributed by atoms with Crippen LogP contribution in [-0.2, 0) is 0 Å². The molecule has 0 saturated carbocycles. The van der Waals surface area contributed by atoms with Crippen LogP contribution in [0.5, 0.6) is 0 Å². The van der Waals surface area contributed by atoms with Crippen LogP contribution in [0.1, 0.15) is 10.4 Å². The fourth-order valence-electron chi connectivity index (χ4n) is 1.80. The average molecular weight is 247 g/mol. The lowest BCUT2D eigenvalue weighted by molar-refractivity contribution is 0.108. The van der Waals surface area contributed by atoms with Gasteiger partial charge in [-0.25, -0.2) is 9.97 Å². The molecule has 0 saturated heterocycles. The highest BCUT2D eigenvalue weighted by Crippen LogP contribution is 2.21. The summed E-state index contributed by atoms with van der Waals surface area (Å²) in [7, 11) is 0. The van der Waals surface area contributed by atoms with Gasteiger partial charge in [0.05, 0.1) is 23.6 Å². The second kappa shape index (κ2) is 3.43. The van der Waals surface area contributed by atoms with Crippen molar-refractivity contribution in [3.63, 3.8) is 0 Å². The molecule has 0 bridgehead atoms. The zero-order chi connectivity index (χ0) is 12.0. The quantitative estimate of drug-likeness (QED) is 0.665. The molecule has 6 heteroatoms. The first-order valence-corrected chi connectivity index (χ1v) is 5.26. The molecule has 17 heavy (non-hydrogen) atoms. The van der Waals surface area contributed by atoms with Crippen molar-refractivity contribution in [3.8, 4) is 0 Å². The minimum absolute atomic E-state index is 0.403. The van der Waals surface area contributed by atoms with E-state index in [1.165, 1.54) is 0 Å². The first-order chi connectivity index (χ1) is 8.16. The van der Waals surface area contributed by atoms with E-state index in [4.69, 9.17) is 17.3 Å². The van der Waals surface area contributed by atoms with Crippen molar-refractivity contribution >= 4 is 39.2 Å². The second-order valence-electron chi connectivity index (χ2n) is 3.62. The van der Waals surface area contributed by atoms with Gasteiger partial charge in [0, 0.05) is 5.56 Å². The molecule has 3 aromatic rings. The average Bonchev–Trinajstić information content (AvgIpc) is 2.78. The number of benzene rings is 1. The lowest BCUT2D eigenvalue weighted by Crippen LogP contribution is -1.99. The molecular weight excluding hydrogens is 240 g/mol. The monoisotopic (exact) mass is 246 g/mol. The number of carbonyl (C=O) groups is 1. The zero-order valence-electron chi connectivity index (χ0n) is 8.59. The van der Waals surface area contributed by atoms with E-state index in [1.54, 1.807) is 35.1 Å². The maximum atomic E-state index is 11.1. The van der Waals surface area contributed by atoms with E-state index < -0.39 is 5.24 Å². The highest BCUT2D eigenvalue weighted by Gasteiger charge is 2.09. The van der Waals surface area contributed by atoms with E-state index in [1.807, 2.05) is 0 Å². The maximum absolute atomic E-state index is 11.1. The number of nitrogen functional groups attached to an aromatic ring is 1. The summed E-state index contributed by atoms with van der Waals surface area (Å²) in [5, 5.41) is -0.503. The van der Waals surface area contributed by atoms with Gasteiger partial charge in [0.15, 0.2) is 0 Å². The van der Waals surface area contributed by atoms with Crippen LogP contribution in [0.3, 0.4) is 0 Å². The number of aromatic nitrogens is 3. The summed E-state index contributed by atoms with van der Waals surface area (Å²) in [4.78, 5) is 19.4. The van der Waals surface area contributed by atoms with Crippen molar-refractivity contribution in [2.45, 2.75) is 0 Å². The number of nitrogens with zero attached hydrogens (tertiary/aromatic N) is 3. The molecule has 0 amide bonds. The van der Waals surface area contributed by atoms with Gasteiger partial charge in [-0.05, 0) is 29.8 Å². The van der Waals surface area contributed by atoms with Gasteiger partial charge in [-0.15, -0.1) is 0 Å². The number of hydrogen-bond acceptors (Lipinski definition) is 4. The van der Waals surface area contributed by atoms with E-state index in [9.17, 15) is 4.79 Å². The molecule has 0 aliphatic carbocycles. The first kappa shape index (κ1) is 10.0. The van der Waals surface area contributed by atoms with E-state index in [0.29, 0.717) is 22.4 Å². The summed E-state index contributed by atoms with van der Waals surface area (Å²) in [5.74, 6) is 0.403. The minimum Gasteiger partial charge on any atom is -0.382 e. The fraction of sp³-hybridized carbons (Fsp3) is 0. The van der Waals surface area contributed by atoms with E-state index in [2.05, 4.69) is 9.97 Å². The number of nitrogens with two attached hydrogens (primary N) is 1. The Bertz CT molecular complexity index is 750. The van der Waals surface area contributed by atoms with Crippen LogP contribution in [0.4, 0.5) is 5.82 Å². The molecular formula is C11H7ClN4O. The van der Waals surface area contributed by atoms with E-state index in [-0.39, 0.29) is 0 Å². The van der Waals surface area contributed by atoms with Gasteiger partial charge >= 0.3 is 0 Å². The van der Waals surface area contributed by atoms with E-state index >= 15 is 0 Å². The Hall–Kier alpha value is -2.14. The molecule has 84 valence electrons. The van der Waals surface area contributed by atoms with Gasteiger partial charge in [0.25, 0.3) is 5.24 Å². The van der Waals surface area contributed by atoms with Crippen LogP contribution in [0.2, 0.25) is 0 Å². The van der Waals surface area contributed by atoms with Crippen LogP contribution < -0.4 is 5.73 Å². The summed E-state index contributed by atoms with van der Waals surface area (Å²) >= 11 is 5.45. The standard InChI is InChI=1S/C11H7ClN4O/c12-10(17)6-1-2-7-8(3-6)16-5-14-4-9(16)11(13)15-7/h1-5H,(H2,13,15). The van der Waals surface area contributed by atoms with Gasteiger partial charge in [0.2, 0.25) is 0 Å². The topological polar surface area (TPSA) is 73.3 Å². The number of fused-ring (bicyclic) bond motifs is 3. The number of imidazole rings is 1. The lowest BCUT2D eigenvalue weighted by Gasteiger charge is -2.05. The van der Waals surface area contributed by atoms with Crippen molar-refractivity contribution in [2.75, 3.05) is 5.73 Å². The Kier molecular flexibility index (Phi) is 2.02. The summed E-state index contributed by atoms with van der Waals surface area (Å²) in [5.41, 5.74) is 8.36. The molecule has 1 aromatic carbocycles. The molecule has 2 heterocycles. The van der Waals surface area contributed by atoms with Crippen LogP contribution in [0.25, 0.3) is 16.6 Å². The van der Waals surface area contributed by atoms with Gasteiger partial charge in [-0.1, -0.05) is 0 Å². The fourth-order valence-corrected chi connectivity index (χ4v) is 1.91. The Morgan fingerprint density at radius 3 is 2.94 bits per heavy atom. The van der Waals surface area contributed by atoms with Crippen LogP contribution in [0, 0.1) is 0 Å². The predicted molar refractivity (Wildman–Crippen MR) is 65.1 cm³/mol. The van der Waals surface area contributed by atoms with Crippen molar-refractivity contribution < 1.29 is 4.79 Å². The number of rotatable bonds is 1. The van der Waals surface area contributed by atoms with Gasteiger partial charge in [0.1, 0.15) is 11.3 Å². The van der Waals surface area contributed by atoms with Crippen molar-refractivity contribution in [1.82, 2.24) is 14.4 Å². The summed E-state index contributed by atoms with van der Waals surface area (Å²) in [6, 6.07) is 5.00.